The monoisotopic (exact) mass is 156 g/mol. The Hall–Kier alpha value is 0.526. The largest absolute Gasteiger partial charge is 1.00 e. The van der Waals surface area contributed by atoms with Crippen LogP contribution in [0.4, 0.5) is 5.69 Å². The molecule has 1 rings (SSSR count). The van der Waals surface area contributed by atoms with Gasteiger partial charge in [0.05, 0.1) is 0 Å². The minimum atomic E-state index is 0. The van der Waals surface area contributed by atoms with Gasteiger partial charge in [0, 0.05) is 0 Å². The van der Waals surface area contributed by atoms with E-state index in [1.165, 1.54) is 0 Å². The summed E-state index contributed by atoms with van der Waals surface area (Å²) in [4.78, 5) is 3.90. The van der Waals surface area contributed by atoms with Crippen molar-refractivity contribution in [1.29, 1.82) is 0 Å². The summed E-state index contributed by atoms with van der Waals surface area (Å²) in [7, 11) is 0. The van der Waals surface area contributed by atoms with E-state index < -0.39 is 0 Å². The Balaban J connectivity index is 0.000000810. The SMILES string of the molecule is C[C-]=Nc1[c-]cccc1.[K+]. The van der Waals surface area contributed by atoms with Crippen LogP contribution in [0.3, 0.4) is 0 Å². The first kappa shape index (κ1) is 10.5. The van der Waals surface area contributed by atoms with Gasteiger partial charge >= 0.3 is 51.4 Å². The Bertz CT molecular complexity index is 194. The predicted molar refractivity (Wildman–Crippen MR) is 38.0 cm³/mol. The van der Waals surface area contributed by atoms with Crippen LogP contribution in [-0.2, 0) is 0 Å². The number of hydrogen-bond donors (Lipinski definition) is 0. The molecule has 1 aromatic carbocycles. The number of nitrogens with zero attached hydrogens (tertiary/aromatic N) is 1. The molecule has 0 radical (unpaired) electrons. The van der Waals surface area contributed by atoms with Gasteiger partial charge in [-0.1, -0.05) is 0 Å². The van der Waals surface area contributed by atoms with Crippen molar-refractivity contribution in [3.8, 4) is 0 Å². The zero-order valence-corrected chi connectivity index (χ0v) is 9.38. The van der Waals surface area contributed by atoms with Crippen molar-refractivity contribution in [2.75, 3.05) is 0 Å². The number of aliphatic imine (C=N–C) groups is 1. The van der Waals surface area contributed by atoms with Crippen LogP contribution in [0, 0.1) is 6.07 Å². The van der Waals surface area contributed by atoms with E-state index in [4.69, 9.17) is 0 Å². The van der Waals surface area contributed by atoms with Crippen LogP contribution in [0.5, 0.6) is 0 Å². The molecule has 0 saturated carbocycles. The van der Waals surface area contributed by atoms with Crippen molar-refractivity contribution >= 4 is 11.9 Å². The summed E-state index contributed by atoms with van der Waals surface area (Å²) in [5.74, 6) is 0. The molecule has 0 bridgehead atoms. The molecular formula is C8H7KN-. The molecule has 46 valence electrons. The Morgan fingerprint density at radius 1 is 1.50 bits per heavy atom. The summed E-state index contributed by atoms with van der Waals surface area (Å²) in [6, 6.07) is 10.5. The molecule has 0 atom stereocenters. The van der Waals surface area contributed by atoms with Gasteiger partial charge in [0.25, 0.3) is 0 Å². The zero-order chi connectivity index (χ0) is 6.53. The van der Waals surface area contributed by atoms with Crippen molar-refractivity contribution in [1.82, 2.24) is 0 Å². The van der Waals surface area contributed by atoms with Gasteiger partial charge in [-0.2, -0.15) is 24.4 Å². The van der Waals surface area contributed by atoms with Crippen LogP contribution < -0.4 is 51.4 Å². The first-order valence-corrected chi connectivity index (χ1v) is 2.77. The van der Waals surface area contributed by atoms with E-state index in [1.54, 1.807) is 6.92 Å². The van der Waals surface area contributed by atoms with Crippen LogP contribution in [0.2, 0.25) is 0 Å². The quantitative estimate of drug-likeness (QED) is 0.284. The Kier molecular flexibility index (Phi) is 6.58. The fraction of sp³-hybridized carbons (Fsp3) is 0.125. The van der Waals surface area contributed by atoms with Gasteiger partial charge in [-0.15, -0.1) is 6.92 Å². The maximum atomic E-state index is 3.90. The third-order valence-corrected chi connectivity index (χ3v) is 0.925. The molecule has 0 spiro atoms. The summed E-state index contributed by atoms with van der Waals surface area (Å²) >= 11 is 0. The van der Waals surface area contributed by atoms with Gasteiger partial charge in [0.15, 0.2) is 0 Å². The average Bonchev–Trinajstić information content (AvgIpc) is 1.91. The molecule has 0 saturated heterocycles. The molecule has 0 heterocycles. The van der Waals surface area contributed by atoms with Crippen molar-refractivity contribution in [2.45, 2.75) is 6.92 Å². The molecule has 0 amide bonds. The van der Waals surface area contributed by atoms with Gasteiger partial charge in [-0.3, -0.25) is 6.07 Å². The van der Waals surface area contributed by atoms with E-state index >= 15 is 0 Å². The molecule has 0 fully saturated rings. The summed E-state index contributed by atoms with van der Waals surface area (Å²) < 4.78 is 0. The van der Waals surface area contributed by atoms with E-state index in [0.717, 1.165) is 5.69 Å². The van der Waals surface area contributed by atoms with Crippen LogP contribution in [0.25, 0.3) is 0 Å². The fourth-order valence-corrected chi connectivity index (χ4v) is 0.574. The second kappa shape index (κ2) is 6.25. The topological polar surface area (TPSA) is 12.4 Å². The normalized spacial score (nSPS) is 9.30. The zero-order valence-electron chi connectivity index (χ0n) is 6.26. The molecule has 0 unspecified atom stereocenters. The van der Waals surface area contributed by atoms with Crippen LogP contribution in [0.1, 0.15) is 6.92 Å². The second-order valence-corrected chi connectivity index (χ2v) is 1.58. The fourth-order valence-electron chi connectivity index (χ4n) is 0.574. The van der Waals surface area contributed by atoms with Crippen molar-refractivity contribution in [3.63, 3.8) is 0 Å². The van der Waals surface area contributed by atoms with Crippen LogP contribution >= 0.6 is 0 Å². The number of hydrogen-bond acceptors (Lipinski definition) is 1. The molecule has 1 aromatic rings. The predicted octanol–water partition coefficient (Wildman–Crippen LogP) is -0.910. The van der Waals surface area contributed by atoms with E-state index in [-0.39, 0.29) is 51.4 Å². The van der Waals surface area contributed by atoms with Crippen LogP contribution in [-0.4, -0.2) is 6.21 Å². The Morgan fingerprint density at radius 3 is 2.80 bits per heavy atom. The molecular weight excluding hydrogens is 149 g/mol. The third-order valence-electron chi connectivity index (χ3n) is 0.925. The Morgan fingerprint density at radius 2 is 2.30 bits per heavy atom. The third kappa shape index (κ3) is 3.64. The number of rotatable bonds is 1. The maximum absolute atomic E-state index is 3.90. The van der Waals surface area contributed by atoms with Crippen molar-refractivity contribution < 1.29 is 51.4 Å². The minimum absolute atomic E-state index is 0. The molecule has 2 heteroatoms. The second-order valence-electron chi connectivity index (χ2n) is 1.58. The van der Waals surface area contributed by atoms with Gasteiger partial charge < -0.3 is 4.99 Å². The molecule has 0 aromatic heterocycles. The average molecular weight is 156 g/mol. The maximum Gasteiger partial charge on any atom is 1.00 e. The van der Waals surface area contributed by atoms with Crippen molar-refractivity contribution in [3.05, 3.63) is 30.3 Å². The van der Waals surface area contributed by atoms with Crippen LogP contribution in [0.15, 0.2) is 29.3 Å². The summed E-state index contributed by atoms with van der Waals surface area (Å²) in [6.07, 6.45) is 2.68. The minimum Gasteiger partial charge on any atom is -0.482 e. The summed E-state index contributed by atoms with van der Waals surface area (Å²) in [5, 5.41) is 0. The molecule has 0 aliphatic carbocycles. The van der Waals surface area contributed by atoms with Crippen molar-refractivity contribution in [2.24, 2.45) is 4.99 Å². The molecule has 0 N–H and O–H groups in total. The number of benzene rings is 1. The van der Waals surface area contributed by atoms with Gasteiger partial charge in [0.2, 0.25) is 0 Å². The smallest absolute Gasteiger partial charge is 0.482 e. The molecule has 0 aliphatic rings. The standard InChI is InChI=1S/C8H7N.K/c1-2-9-8-6-4-3-5-7-8;/h3-6H,1H3;/q-2;+1. The van der Waals surface area contributed by atoms with E-state index in [0.29, 0.717) is 0 Å². The van der Waals surface area contributed by atoms with Gasteiger partial charge in [-0.05, 0) is 0 Å². The van der Waals surface area contributed by atoms with E-state index in [9.17, 15) is 0 Å². The summed E-state index contributed by atoms with van der Waals surface area (Å²) in [5.41, 5.74) is 0.833. The first-order valence-electron chi connectivity index (χ1n) is 2.77. The Labute approximate surface area is 104 Å². The number of para-hydroxylation sites is 1. The first-order chi connectivity index (χ1) is 4.43. The molecule has 10 heavy (non-hydrogen) atoms. The van der Waals surface area contributed by atoms with E-state index in [2.05, 4.69) is 17.3 Å². The summed E-state index contributed by atoms with van der Waals surface area (Å²) in [6.45, 7) is 1.76. The van der Waals surface area contributed by atoms with Gasteiger partial charge in [0.1, 0.15) is 0 Å². The van der Waals surface area contributed by atoms with E-state index in [1.807, 2.05) is 24.3 Å². The molecule has 1 nitrogen and oxygen atoms in total. The molecule has 0 aliphatic heterocycles. The van der Waals surface area contributed by atoms with Gasteiger partial charge in [-0.25, -0.2) is 11.8 Å².